The number of aliphatic hydroxyl groups is 1. The zero-order valence-corrected chi connectivity index (χ0v) is 8.84. The Kier molecular flexibility index (Phi) is 4.10. The molecular formula is C10H12O6. The first-order valence-corrected chi connectivity index (χ1v) is 4.39. The van der Waals surface area contributed by atoms with Gasteiger partial charge in [-0.25, -0.2) is 4.79 Å². The topological polar surface area (TPSA) is 85.2 Å². The van der Waals surface area contributed by atoms with Gasteiger partial charge in [0.2, 0.25) is 0 Å². The van der Waals surface area contributed by atoms with Crippen LogP contribution in [0.25, 0.3) is 0 Å². The largest absolute Gasteiger partial charge is 0.493 e. The van der Waals surface area contributed by atoms with Crippen LogP contribution in [0.2, 0.25) is 0 Å². The number of benzene rings is 1. The molecule has 1 atom stereocenters. The van der Waals surface area contributed by atoms with Gasteiger partial charge in [-0.2, -0.15) is 5.26 Å². The van der Waals surface area contributed by atoms with Gasteiger partial charge in [0.1, 0.15) is 0 Å². The number of carbonyl (C=O) groups is 1. The number of methoxy groups -OCH3 is 2. The van der Waals surface area contributed by atoms with Crippen molar-refractivity contribution in [3.05, 3.63) is 23.8 Å². The molecule has 0 saturated heterocycles. The van der Waals surface area contributed by atoms with Gasteiger partial charge in [-0.15, -0.1) is 0 Å². The molecule has 0 aliphatic heterocycles. The summed E-state index contributed by atoms with van der Waals surface area (Å²) in [4.78, 5) is 14.3. The molecule has 0 aromatic heterocycles. The van der Waals surface area contributed by atoms with Crippen molar-refractivity contribution in [2.75, 3.05) is 14.2 Å². The van der Waals surface area contributed by atoms with E-state index in [1.54, 1.807) is 0 Å². The van der Waals surface area contributed by atoms with Crippen molar-refractivity contribution >= 4 is 5.97 Å². The van der Waals surface area contributed by atoms with Crippen LogP contribution in [0.4, 0.5) is 0 Å². The van der Waals surface area contributed by atoms with Gasteiger partial charge in [-0.3, -0.25) is 4.89 Å². The van der Waals surface area contributed by atoms with Gasteiger partial charge in [0.05, 0.1) is 14.2 Å². The molecule has 0 aliphatic carbocycles. The molecule has 1 aromatic carbocycles. The lowest BCUT2D eigenvalue weighted by Gasteiger charge is -2.11. The Labute approximate surface area is 91.9 Å². The van der Waals surface area contributed by atoms with Gasteiger partial charge >= 0.3 is 5.97 Å². The summed E-state index contributed by atoms with van der Waals surface area (Å²) in [5.74, 6) is -0.326. The maximum atomic E-state index is 10.9. The molecule has 0 radical (unpaired) electrons. The minimum Gasteiger partial charge on any atom is -0.493 e. The number of rotatable bonds is 4. The molecule has 1 rings (SSSR count). The van der Waals surface area contributed by atoms with Gasteiger partial charge in [0.15, 0.2) is 17.6 Å². The highest BCUT2D eigenvalue weighted by Gasteiger charge is 2.20. The lowest BCUT2D eigenvalue weighted by molar-refractivity contribution is -0.243. The van der Waals surface area contributed by atoms with Gasteiger partial charge < -0.3 is 14.6 Å². The van der Waals surface area contributed by atoms with Crippen molar-refractivity contribution in [1.82, 2.24) is 0 Å². The zero-order valence-electron chi connectivity index (χ0n) is 8.84. The first-order chi connectivity index (χ1) is 7.63. The molecule has 0 fully saturated rings. The van der Waals surface area contributed by atoms with Crippen LogP contribution >= 0.6 is 0 Å². The smallest absolute Gasteiger partial charge is 0.374 e. The summed E-state index contributed by atoms with van der Waals surface area (Å²) in [5, 5.41) is 17.6. The van der Waals surface area contributed by atoms with Gasteiger partial charge in [0.25, 0.3) is 0 Å². The normalized spacial score (nSPS) is 11.8. The van der Waals surface area contributed by atoms with Crippen molar-refractivity contribution in [1.29, 1.82) is 0 Å². The van der Waals surface area contributed by atoms with E-state index in [1.165, 1.54) is 32.4 Å². The Morgan fingerprint density at radius 3 is 2.38 bits per heavy atom. The Morgan fingerprint density at radius 2 is 1.88 bits per heavy atom. The van der Waals surface area contributed by atoms with Crippen molar-refractivity contribution in [3.8, 4) is 11.5 Å². The second kappa shape index (κ2) is 5.34. The quantitative estimate of drug-likeness (QED) is 0.584. The minimum absolute atomic E-state index is 0.233. The number of carbonyl (C=O) groups excluding carboxylic acids is 1. The summed E-state index contributed by atoms with van der Waals surface area (Å²) in [6, 6.07) is 4.41. The van der Waals surface area contributed by atoms with E-state index in [9.17, 15) is 9.90 Å². The van der Waals surface area contributed by atoms with Crippen LogP contribution in [0.5, 0.6) is 11.5 Å². The Bertz CT molecular complexity index is 376. The van der Waals surface area contributed by atoms with Crippen molar-refractivity contribution in [2.45, 2.75) is 6.10 Å². The third-order valence-corrected chi connectivity index (χ3v) is 2.04. The summed E-state index contributed by atoms with van der Waals surface area (Å²) >= 11 is 0. The van der Waals surface area contributed by atoms with E-state index < -0.39 is 12.1 Å². The molecule has 1 aromatic rings. The molecule has 0 bridgehead atoms. The highest BCUT2D eigenvalue weighted by molar-refractivity contribution is 5.75. The maximum Gasteiger partial charge on any atom is 0.374 e. The highest BCUT2D eigenvalue weighted by atomic mass is 17.1. The lowest BCUT2D eigenvalue weighted by atomic mass is 10.1. The molecular weight excluding hydrogens is 216 g/mol. The molecule has 0 spiro atoms. The standard InChI is InChI=1S/C10H12O6/c1-14-7-4-3-6(5-8(7)15-2)9(11)10(12)16-13/h3-5,9,11,13H,1-2H3. The average molecular weight is 228 g/mol. The first kappa shape index (κ1) is 12.3. The number of ether oxygens (including phenoxy) is 2. The fourth-order valence-corrected chi connectivity index (χ4v) is 1.21. The third kappa shape index (κ3) is 2.41. The maximum absolute atomic E-state index is 10.9. The zero-order chi connectivity index (χ0) is 12.1. The highest BCUT2D eigenvalue weighted by Crippen LogP contribution is 2.30. The average Bonchev–Trinajstić information content (AvgIpc) is 2.35. The van der Waals surface area contributed by atoms with Crippen molar-refractivity contribution in [2.24, 2.45) is 0 Å². The van der Waals surface area contributed by atoms with Crippen LogP contribution in [0.3, 0.4) is 0 Å². The Hall–Kier alpha value is -1.79. The molecule has 0 aliphatic rings. The molecule has 2 N–H and O–H groups in total. The summed E-state index contributed by atoms with van der Waals surface area (Å²) in [6.45, 7) is 0. The molecule has 0 heterocycles. The fraction of sp³-hybridized carbons (Fsp3) is 0.300. The van der Waals surface area contributed by atoms with Crippen LogP contribution < -0.4 is 9.47 Å². The fourth-order valence-electron chi connectivity index (χ4n) is 1.21. The second-order valence-electron chi connectivity index (χ2n) is 2.93. The SMILES string of the molecule is COc1ccc(C(O)C(=O)OO)cc1OC. The van der Waals surface area contributed by atoms with Crippen molar-refractivity contribution < 1.29 is 29.5 Å². The Morgan fingerprint density at radius 1 is 1.25 bits per heavy atom. The first-order valence-electron chi connectivity index (χ1n) is 4.39. The van der Waals surface area contributed by atoms with Gasteiger partial charge in [-0.05, 0) is 17.7 Å². The van der Waals surface area contributed by atoms with Crippen LogP contribution in [0, 0.1) is 0 Å². The van der Waals surface area contributed by atoms with Crippen LogP contribution in [0.15, 0.2) is 18.2 Å². The van der Waals surface area contributed by atoms with Crippen LogP contribution in [-0.4, -0.2) is 30.6 Å². The predicted molar refractivity (Wildman–Crippen MR) is 53.2 cm³/mol. The van der Waals surface area contributed by atoms with Crippen molar-refractivity contribution in [3.63, 3.8) is 0 Å². The van der Waals surface area contributed by atoms with Gasteiger partial charge in [0, 0.05) is 0 Å². The lowest BCUT2D eigenvalue weighted by Crippen LogP contribution is -2.13. The van der Waals surface area contributed by atoms with E-state index in [0.717, 1.165) is 0 Å². The minimum atomic E-state index is -1.56. The Balaban J connectivity index is 3.03. The molecule has 6 heteroatoms. The molecule has 0 saturated carbocycles. The van der Waals surface area contributed by atoms with E-state index in [0.29, 0.717) is 11.5 Å². The van der Waals surface area contributed by atoms with Crippen LogP contribution in [0.1, 0.15) is 11.7 Å². The molecule has 6 nitrogen and oxygen atoms in total. The monoisotopic (exact) mass is 228 g/mol. The van der Waals surface area contributed by atoms with E-state index in [2.05, 4.69) is 4.89 Å². The molecule has 88 valence electrons. The summed E-state index contributed by atoms with van der Waals surface area (Å²) in [5.41, 5.74) is 0.233. The third-order valence-electron chi connectivity index (χ3n) is 2.04. The van der Waals surface area contributed by atoms with E-state index in [1.807, 2.05) is 0 Å². The van der Waals surface area contributed by atoms with E-state index in [4.69, 9.17) is 14.7 Å². The molecule has 0 amide bonds. The number of hydrogen-bond donors (Lipinski definition) is 2. The van der Waals surface area contributed by atoms with E-state index in [-0.39, 0.29) is 5.56 Å². The molecule has 16 heavy (non-hydrogen) atoms. The number of aliphatic hydroxyl groups excluding tert-OH is 1. The van der Waals surface area contributed by atoms with Crippen LogP contribution in [-0.2, 0) is 9.68 Å². The summed E-state index contributed by atoms with van der Waals surface area (Å²) in [6.07, 6.45) is -1.56. The molecule has 1 unspecified atom stereocenters. The van der Waals surface area contributed by atoms with Gasteiger partial charge in [-0.1, -0.05) is 6.07 Å². The second-order valence-corrected chi connectivity index (χ2v) is 2.93. The van der Waals surface area contributed by atoms with E-state index >= 15 is 0 Å². The predicted octanol–water partition coefficient (Wildman–Crippen LogP) is 0.753. The number of hydrogen-bond acceptors (Lipinski definition) is 6. The summed E-state index contributed by atoms with van der Waals surface area (Å²) < 4.78 is 9.98. The summed E-state index contributed by atoms with van der Waals surface area (Å²) in [7, 11) is 2.90.